The molecule has 0 saturated carbocycles. The van der Waals surface area contributed by atoms with E-state index in [0.717, 1.165) is 38.5 Å². The van der Waals surface area contributed by atoms with Gasteiger partial charge in [-0.1, -0.05) is 206 Å². The Kier molecular flexibility index (Phi) is 36.6. The monoisotopic (exact) mass is 815 g/mol. The number of hydrogen-bond acceptors (Lipinski definition) is 10. The highest BCUT2D eigenvalue weighted by Crippen LogP contribution is 2.23. The second-order valence-corrected chi connectivity index (χ2v) is 16.9. The molecule has 0 aromatic rings. The molecule has 1 saturated heterocycles. The Morgan fingerprint density at radius 3 is 1.19 bits per heavy atom. The van der Waals surface area contributed by atoms with E-state index in [1.165, 1.54) is 161 Å². The van der Waals surface area contributed by atoms with E-state index in [4.69, 9.17) is 18.9 Å². The van der Waals surface area contributed by atoms with Crippen LogP contribution in [-0.4, -0.2) is 89.0 Å². The van der Waals surface area contributed by atoms with Gasteiger partial charge in [-0.3, -0.25) is 9.59 Å². The van der Waals surface area contributed by atoms with Gasteiger partial charge in [-0.05, 0) is 12.8 Å². The molecule has 10 nitrogen and oxygen atoms in total. The van der Waals surface area contributed by atoms with Crippen LogP contribution in [0.4, 0.5) is 0 Å². The first kappa shape index (κ1) is 53.7. The van der Waals surface area contributed by atoms with Crippen molar-refractivity contribution in [3.63, 3.8) is 0 Å². The number of unbranched alkanes of at least 4 members (excludes halogenated alkanes) is 30. The Hall–Kier alpha value is -1.30. The Labute approximate surface area is 348 Å². The summed E-state index contributed by atoms with van der Waals surface area (Å²) < 4.78 is 22.2. The third kappa shape index (κ3) is 30.4. The predicted molar refractivity (Wildman–Crippen MR) is 229 cm³/mol. The van der Waals surface area contributed by atoms with Crippen LogP contribution in [0.1, 0.15) is 232 Å². The molecule has 0 spiro atoms. The molecule has 1 fully saturated rings. The van der Waals surface area contributed by atoms with Gasteiger partial charge in [-0.25, -0.2) is 0 Å². The van der Waals surface area contributed by atoms with Crippen LogP contribution in [-0.2, 0) is 28.5 Å². The lowest BCUT2D eigenvalue weighted by molar-refractivity contribution is -0.305. The summed E-state index contributed by atoms with van der Waals surface area (Å²) in [7, 11) is 0. The van der Waals surface area contributed by atoms with Crippen LogP contribution in [0, 0.1) is 0 Å². The minimum atomic E-state index is -1.59. The summed E-state index contributed by atoms with van der Waals surface area (Å²) in [6, 6.07) is 0. The SMILES string of the molecule is CCCCCCCCCCCCCCCCCCCCCCC(=O)OC(COC(=O)CCCCCCCCCCCCCC)COC1OC(CO)C(O)C(O)C1O. The smallest absolute Gasteiger partial charge is 0.306 e. The van der Waals surface area contributed by atoms with Gasteiger partial charge in [0.1, 0.15) is 31.0 Å². The maximum atomic E-state index is 12.8. The highest BCUT2D eigenvalue weighted by Gasteiger charge is 2.44. The molecule has 0 aromatic carbocycles. The zero-order chi connectivity index (χ0) is 41.6. The zero-order valence-corrected chi connectivity index (χ0v) is 36.9. The lowest BCUT2D eigenvalue weighted by atomic mass is 9.99. The van der Waals surface area contributed by atoms with E-state index in [2.05, 4.69) is 13.8 Å². The first-order valence-corrected chi connectivity index (χ1v) is 24.1. The Morgan fingerprint density at radius 1 is 0.474 bits per heavy atom. The lowest BCUT2D eigenvalue weighted by Crippen LogP contribution is -2.59. The average Bonchev–Trinajstić information content (AvgIpc) is 3.21. The first-order chi connectivity index (χ1) is 27.8. The summed E-state index contributed by atoms with van der Waals surface area (Å²) in [5, 5.41) is 40.1. The van der Waals surface area contributed by atoms with E-state index < -0.39 is 49.4 Å². The van der Waals surface area contributed by atoms with Crippen LogP contribution in [0.15, 0.2) is 0 Å². The number of carbonyl (C=O) groups is 2. The van der Waals surface area contributed by atoms with E-state index in [1.54, 1.807) is 0 Å². The minimum absolute atomic E-state index is 0.209. The lowest BCUT2D eigenvalue weighted by Gasteiger charge is -2.39. The van der Waals surface area contributed by atoms with Gasteiger partial charge in [0.2, 0.25) is 0 Å². The fourth-order valence-electron chi connectivity index (χ4n) is 7.66. The van der Waals surface area contributed by atoms with Crippen LogP contribution in [0.2, 0.25) is 0 Å². The average molecular weight is 815 g/mol. The number of esters is 2. The maximum absolute atomic E-state index is 12.8. The van der Waals surface area contributed by atoms with Gasteiger partial charge < -0.3 is 39.4 Å². The highest BCUT2D eigenvalue weighted by atomic mass is 16.7. The van der Waals surface area contributed by atoms with E-state index >= 15 is 0 Å². The molecule has 1 heterocycles. The Morgan fingerprint density at radius 2 is 0.825 bits per heavy atom. The molecule has 338 valence electrons. The summed E-state index contributed by atoms with van der Waals surface area (Å²) in [5.74, 6) is -0.790. The van der Waals surface area contributed by atoms with Crippen molar-refractivity contribution in [1.29, 1.82) is 0 Å². The van der Waals surface area contributed by atoms with Crippen molar-refractivity contribution >= 4 is 11.9 Å². The molecule has 0 aliphatic carbocycles. The molecular weight excluding hydrogens is 725 g/mol. The number of carbonyl (C=O) groups excluding carboxylic acids is 2. The largest absolute Gasteiger partial charge is 0.462 e. The second-order valence-electron chi connectivity index (χ2n) is 16.9. The van der Waals surface area contributed by atoms with E-state index in [-0.39, 0.29) is 32.0 Å². The quantitative estimate of drug-likeness (QED) is 0.0347. The van der Waals surface area contributed by atoms with Gasteiger partial charge in [0.05, 0.1) is 13.2 Å². The number of aliphatic hydroxyl groups is 4. The third-order valence-electron chi connectivity index (χ3n) is 11.5. The molecule has 6 unspecified atom stereocenters. The molecule has 0 aromatic heterocycles. The zero-order valence-electron chi connectivity index (χ0n) is 36.9. The summed E-state index contributed by atoms with van der Waals surface area (Å²) in [5.41, 5.74) is 0. The molecule has 0 radical (unpaired) electrons. The van der Waals surface area contributed by atoms with Crippen LogP contribution in [0.25, 0.3) is 0 Å². The Balaban J connectivity index is 2.25. The molecular formula is C47H90O10. The number of aliphatic hydroxyl groups excluding tert-OH is 4. The molecule has 57 heavy (non-hydrogen) atoms. The van der Waals surface area contributed by atoms with Crippen molar-refractivity contribution < 1.29 is 49.0 Å². The summed E-state index contributed by atoms with van der Waals surface area (Å²) in [6.45, 7) is 3.46. The minimum Gasteiger partial charge on any atom is -0.462 e. The second kappa shape index (κ2) is 38.9. The van der Waals surface area contributed by atoms with Crippen molar-refractivity contribution in [2.45, 2.75) is 269 Å². The molecule has 6 atom stereocenters. The van der Waals surface area contributed by atoms with Gasteiger partial charge in [0, 0.05) is 12.8 Å². The fourth-order valence-corrected chi connectivity index (χ4v) is 7.66. The van der Waals surface area contributed by atoms with Crippen molar-refractivity contribution in [2.24, 2.45) is 0 Å². The van der Waals surface area contributed by atoms with Gasteiger partial charge >= 0.3 is 11.9 Å². The third-order valence-corrected chi connectivity index (χ3v) is 11.5. The maximum Gasteiger partial charge on any atom is 0.306 e. The Bertz CT molecular complexity index is 901. The van der Waals surface area contributed by atoms with Crippen LogP contribution in [0.3, 0.4) is 0 Å². The highest BCUT2D eigenvalue weighted by molar-refractivity contribution is 5.70. The topological polar surface area (TPSA) is 152 Å². The summed E-state index contributed by atoms with van der Waals surface area (Å²) in [6.07, 6.45) is 32.5. The number of ether oxygens (including phenoxy) is 4. The first-order valence-electron chi connectivity index (χ1n) is 24.1. The fraction of sp³-hybridized carbons (Fsp3) is 0.957. The molecule has 1 rings (SSSR count). The van der Waals surface area contributed by atoms with Crippen LogP contribution in [0.5, 0.6) is 0 Å². The van der Waals surface area contributed by atoms with Crippen LogP contribution < -0.4 is 0 Å². The van der Waals surface area contributed by atoms with Crippen molar-refractivity contribution in [3.8, 4) is 0 Å². The van der Waals surface area contributed by atoms with E-state index in [9.17, 15) is 30.0 Å². The van der Waals surface area contributed by atoms with E-state index in [1.807, 2.05) is 0 Å². The molecule has 0 amide bonds. The van der Waals surface area contributed by atoms with Gasteiger partial charge in [-0.15, -0.1) is 0 Å². The summed E-state index contributed by atoms with van der Waals surface area (Å²) in [4.78, 5) is 25.3. The van der Waals surface area contributed by atoms with Crippen molar-refractivity contribution in [3.05, 3.63) is 0 Å². The van der Waals surface area contributed by atoms with Crippen LogP contribution >= 0.6 is 0 Å². The van der Waals surface area contributed by atoms with Gasteiger partial charge in [0.25, 0.3) is 0 Å². The van der Waals surface area contributed by atoms with Gasteiger partial charge in [-0.2, -0.15) is 0 Å². The van der Waals surface area contributed by atoms with Crippen molar-refractivity contribution in [1.82, 2.24) is 0 Å². The molecule has 10 heteroatoms. The number of rotatable bonds is 41. The normalized spacial score (nSPS) is 20.1. The molecule has 4 N–H and O–H groups in total. The molecule has 1 aliphatic rings. The predicted octanol–water partition coefficient (Wildman–Crippen LogP) is 10.6. The standard InChI is InChI=1S/C47H90O10/c1-3-5-7-9-11-13-15-17-18-19-20-21-22-23-24-26-28-30-32-34-36-43(50)56-40(39-55-47-46(53)45(52)44(51)41(37-48)57-47)38-54-42(49)35-33-31-29-27-25-16-14-12-10-8-6-4-2/h40-41,44-48,51-53H,3-39H2,1-2H3. The van der Waals surface area contributed by atoms with Crippen molar-refractivity contribution in [2.75, 3.05) is 19.8 Å². The van der Waals surface area contributed by atoms with Gasteiger partial charge in [0.15, 0.2) is 12.4 Å². The number of hydrogen-bond donors (Lipinski definition) is 4. The molecule has 1 aliphatic heterocycles. The van der Waals surface area contributed by atoms with E-state index in [0.29, 0.717) is 6.42 Å². The summed E-state index contributed by atoms with van der Waals surface area (Å²) >= 11 is 0. The molecule has 0 bridgehead atoms.